The molecule has 0 aliphatic rings. The largest absolute Gasteiger partial charge is 0.452 e. The van der Waals surface area contributed by atoms with Gasteiger partial charge in [-0.2, -0.15) is 0 Å². The lowest BCUT2D eigenvalue weighted by Crippen LogP contribution is -2.20. The number of thiazole rings is 1. The van der Waals surface area contributed by atoms with E-state index in [0.29, 0.717) is 11.3 Å². The molecule has 2 aromatic carbocycles. The summed E-state index contributed by atoms with van der Waals surface area (Å²) in [4.78, 5) is 27.9. The van der Waals surface area contributed by atoms with Crippen LogP contribution in [0.1, 0.15) is 10.4 Å². The number of rotatable bonds is 4. The van der Waals surface area contributed by atoms with Gasteiger partial charge in [-0.3, -0.25) is 4.79 Å². The van der Waals surface area contributed by atoms with Crippen molar-refractivity contribution < 1.29 is 14.3 Å². The molecule has 1 amide bonds. The van der Waals surface area contributed by atoms with Crippen molar-refractivity contribution in [3.05, 3.63) is 58.0 Å². The molecule has 0 atom stereocenters. The predicted octanol–water partition coefficient (Wildman–Crippen LogP) is 3.85. The average molecular weight is 391 g/mol. The summed E-state index contributed by atoms with van der Waals surface area (Å²) in [5, 5.41) is 2.66. The summed E-state index contributed by atoms with van der Waals surface area (Å²) in [6, 6.07) is 12.2. The first kappa shape index (κ1) is 15.6. The highest BCUT2D eigenvalue weighted by Crippen LogP contribution is 2.19. The van der Waals surface area contributed by atoms with Gasteiger partial charge in [-0.25, -0.2) is 9.78 Å². The summed E-state index contributed by atoms with van der Waals surface area (Å²) < 4.78 is 6.85. The highest BCUT2D eigenvalue weighted by Gasteiger charge is 2.11. The van der Waals surface area contributed by atoms with Gasteiger partial charge in [0.15, 0.2) is 6.61 Å². The molecule has 0 bridgehead atoms. The SMILES string of the molecule is O=C(COC(=O)c1ccc2ncsc2c1)Nc1ccc(Br)cc1. The van der Waals surface area contributed by atoms with Crippen LogP contribution in [0, 0.1) is 0 Å². The summed E-state index contributed by atoms with van der Waals surface area (Å²) >= 11 is 4.76. The molecule has 5 nitrogen and oxygen atoms in total. The lowest BCUT2D eigenvalue weighted by atomic mass is 10.2. The molecule has 0 unspecified atom stereocenters. The third-order valence-corrected chi connectivity index (χ3v) is 4.35. The molecule has 1 N–H and O–H groups in total. The van der Waals surface area contributed by atoms with Crippen LogP contribution in [0.4, 0.5) is 5.69 Å². The minimum absolute atomic E-state index is 0.338. The monoisotopic (exact) mass is 390 g/mol. The van der Waals surface area contributed by atoms with Crippen LogP contribution < -0.4 is 5.32 Å². The van der Waals surface area contributed by atoms with Crippen LogP contribution >= 0.6 is 27.3 Å². The van der Waals surface area contributed by atoms with E-state index in [2.05, 4.69) is 26.2 Å². The maximum Gasteiger partial charge on any atom is 0.338 e. The molecule has 116 valence electrons. The molecule has 7 heteroatoms. The van der Waals surface area contributed by atoms with Crippen molar-refractivity contribution in [2.45, 2.75) is 0 Å². The highest BCUT2D eigenvalue weighted by molar-refractivity contribution is 9.10. The van der Waals surface area contributed by atoms with E-state index >= 15 is 0 Å². The first-order chi connectivity index (χ1) is 11.1. The molecule has 0 radical (unpaired) electrons. The average Bonchev–Trinajstić information content (AvgIpc) is 3.02. The summed E-state index contributed by atoms with van der Waals surface area (Å²) in [5.41, 5.74) is 3.59. The van der Waals surface area contributed by atoms with Gasteiger partial charge in [0, 0.05) is 10.2 Å². The molecule has 1 heterocycles. The summed E-state index contributed by atoms with van der Waals surface area (Å²) in [6.07, 6.45) is 0. The standard InChI is InChI=1S/C16H11BrN2O3S/c17-11-2-4-12(5-3-11)19-15(20)8-22-16(21)10-1-6-13-14(7-10)23-9-18-13/h1-7,9H,8H2,(H,19,20). The number of anilines is 1. The third kappa shape index (κ3) is 3.94. The highest BCUT2D eigenvalue weighted by atomic mass is 79.9. The Morgan fingerprint density at radius 1 is 1.17 bits per heavy atom. The molecule has 0 spiro atoms. The predicted molar refractivity (Wildman–Crippen MR) is 92.7 cm³/mol. The topological polar surface area (TPSA) is 68.3 Å². The second-order valence-corrected chi connectivity index (χ2v) is 6.47. The normalized spacial score (nSPS) is 10.5. The molecule has 0 saturated carbocycles. The Morgan fingerprint density at radius 2 is 1.96 bits per heavy atom. The van der Waals surface area contributed by atoms with Crippen molar-refractivity contribution in [3.63, 3.8) is 0 Å². The van der Waals surface area contributed by atoms with E-state index in [1.54, 1.807) is 35.8 Å². The van der Waals surface area contributed by atoms with E-state index in [9.17, 15) is 9.59 Å². The van der Waals surface area contributed by atoms with E-state index in [4.69, 9.17) is 4.74 Å². The first-order valence-corrected chi connectivity index (χ1v) is 8.35. The lowest BCUT2D eigenvalue weighted by molar-refractivity contribution is -0.119. The first-order valence-electron chi connectivity index (χ1n) is 6.67. The van der Waals surface area contributed by atoms with Crippen molar-refractivity contribution in [3.8, 4) is 0 Å². The molecule has 1 aromatic heterocycles. The van der Waals surface area contributed by atoms with Gasteiger partial charge in [0.1, 0.15) is 0 Å². The lowest BCUT2D eigenvalue weighted by Gasteiger charge is -2.07. The minimum atomic E-state index is -0.536. The van der Waals surface area contributed by atoms with Crippen LogP contribution in [0.3, 0.4) is 0 Å². The number of fused-ring (bicyclic) bond motifs is 1. The Hall–Kier alpha value is -2.25. The quantitative estimate of drug-likeness (QED) is 0.686. The van der Waals surface area contributed by atoms with Crippen molar-refractivity contribution in [1.82, 2.24) is 4.98 Å². The number of aromatic nitrogens is 1. The zero-order valence-corrected chi connectivity index (χ0v) is 14.2. The number of nitrogens with one attached hydrogen (secondary N) is 1. The fourth-order valence-corrected chi connectivity index (χ4v) is 2.91. The number of carbonyl (C=O) groups excluding carboxylic acids is 2. The zero-order valence-electron chi connectivity index (χ0n) is 11.8. The van der Waals surface area contributed by atoms with Crippen LogP contribution in [0.25, 0.3) is 10.2 Å². The third-order valence-electron chi connectivity index (χ3n) is 3.03. The molecular formula is C16H11BrN2O3S. The number of carbonyl (C=O) groups is 2. The number of hydrogen-bond acceptors (Lipinski definition) is 5. The number of halogens is 1. The second kappa shape index (κ2) is 6.89. The smallest absolute Gasteiger partial charge is 0.338 e. The van der Waals surface area contributed by atoms with Gasteiger partial charge in [-0.05, 0) is 42.5 Å². The molecule has 23 heavy (non-hydrogen) atoms. The van der Waals surface area contributed by atoms with Crippen molar-refractivity contribution in [2.24, 2.45) is 0 Å². The number of esters is 1. The zero-order chi connectivity index (χ0) is 16.2. The van der Waals surface area contributed by atoms with Crippen molar-refractivity contribution in [2.75, 3.05) is 11.9 Å². The van der Waals surface area contributed by atoms with Crippen LogP contribution in [-0.2, 0) is 9.53 Å². The van der Waals surface area contributed by atoms with Crippen molar-refractivity contribution in [1.29, 1.82) is 0 Å². The number of benzene rings is 2. The summed E-state index contributed by atoms with van der Waals surface area (Å²) in [7, 11) is 0. The fourth-order valence-electron chi connectivity index (χ4n) is 1.93. The number of ether oxygens (including phenoxy) is 1. The van der Waals surface area contributed by atoms with E-state index in [-0.39, 0.29) is 12.5 Å². The number of hydrogen-bond donors (Lipinski definition) is 1. The molecule has 0 saturated heterocycles. The van der Waals surface area contributed by atoms with E-state index in [0.717, 1.165) is 14.7 Å². The number of nitrogens with zero attached hydrogens (tertiary/aromatic N) is 1. The van der Waals surface area contributed by atoms with Gasteiger partial charge in [0.2, 0.25) is 0 Å². The van der Waals surface area contributed by atoms with E-state index in [1.165, 1.54) is 11.3 Å². The Morgan fingerprint density at radius 3 is 2.74 bits per heavy atom. The van der Waals surface area contributed by atoms with Gasteiger partial charge in [-0.15, -0.1) is 11.3 Å². The molecule has 3 aromatic rings. The Labute approximate surface area is 144 Å². The molecule has 0 fully saturated rings. The molecule has 0 aliphatic heterocycles. The summed E-state index contributed by atoms with van der Waals surface area (Å²) in [6.45, 7) is -0.338. The van der Waals surface area contributed by atoms with Gasteiger partial charge >= 0.3 is 5.97 Å². The fraction of sp³-hybridized carbons (Fsp3) is 0.0625. The van der Waals surface area contributed by atoms with Crippen LogP contribution in [0.2, 0.25) is 0 Å². The van der Waals surface area contributed by atoms with E-state index in [1.807, 2.05) is 12.1 Å². The summed E-state index contributed by atoms with van der Waals surface area (Å²) in [5.74, 6) is -0.925. The maximum atomic E-state index is 12.0. The molecule has 3 rings (SSSR count). The maximum absolute atomic E-state index is 12.0. The number of amides is 1. The second-order valence-electron chi connectivity index (χ2n) is 4.67. The Balaban J connectivity index is 1.57. The van der Waals surface area contributed by atoms with Crippen LogP contribution in [0.5, 0.6) is 0 Å². The molecular weight excluding hydrogens is 380 g/mol. The molecule has 0 aliphatic carbocycles. The van der Waals surface area contributed by atoms with Gasteiger partial charge in [0.25, 0.3) is 5.91 Å². The Kier molecular flexibility index (Phi) is 4.68. The van der Waals surface area contributed by atoms with Gasteiger partial charge in [-0.1, -0.05) is 15.9 Å². The van der Waals surface area contributed by atoms with Crippen LogP contribution in [-0.4, -0.2) is 23.5 Å². The van der Waals surface area contributed by atoms with Gasteiger partial charge in [0.05, 0.1) is 21.3 Å². The minimum Gasteiger partial charge on any atom is -0.452 e. The van der Waals surface area contributed by atoms with Crippen LogP contribution in [0.15, 0.2) is 52.4 Å². The van der Waals surface area contributed by atoms with Gasteiger partial charge < -0.3 is 10.1 Å². The van der Waals surface area contributed by atoms with E-state index < -0.39 is 5.97 Å². The Bertz CT molecular complexity index is 861. The van der Waals surface area contributed by atoms with Crippen molar-refractivity contribution >= 4 is 55.0 Å².